The molecule has 0 radical (unpaired) electrons. The SMILES string of the molecule is Cc1ccc(-c2cn3cc(-c4ccc(Br)cc4)c4c3n2CCCC4)cc1. The number of aromatic nitrogens is 2. The van der Waals surface area contributed by atoms with E-state index in [-0.39, 0.29) is 0 Å². The first kappa shape index (κ1) is 16.0. The molecule has 130 valence electrons. The summed E-state index contributed by atoms with van der Waals surface area (Å²) < 4.78 is 5.99. The quantitative estimate of drug-likeness (QED) is 0.361. The van der Waals surface area contributed by atoms with Crippen LogP contribution in [0.5, 0.6) is 0 Å². The third-order valence-electron chi connectivity index (χ3n) is 5.48. The summed E-state index contributed by atoms with van der Waals surface area (Å²) in [5, 5.41) is 0. The molecule has 0 amide bonds. The molecule has 0 saturated carbocycles. The van der Waals surface area contributed by atoms with E-state index in [4.69, 9.17) is 0 Å². The highest BCUT2D eigenvalue weighted by Gasteiger charge is 2.21. The number of benzene rings is 2. The van der Waals surface area contributed by atoms with Crippen molar-refractivity contribution in [1.82, 2.24) is 8.97 Å². The lowest BCUT2D eigenvalue weighted by Crippen LogP contribution is -1.98. The zero-order chi connectivity index (χ0) is 17.7. The lowest BCUT2D eigenvalue weighted by atomic mass is 10.0. The molecule has 2 nitrogen and oxygen atoms in total. The third-order valence-corrected chi connectivity index (χ3v) is 6.01. The fourth-order valence-corrected chi connectivity index (χ4v) is 4.41. The lowest BCUT2D eigenvalue weighted by Gasteiger charge is -2.08. The van der Waals surface area contributed by atoms with Crippen molar-refractivity contribution in [3.05, 3.63) is 76.5 Å². The molecule has 3 heterocycles. The van der Waals surface area contributed by atoms with E-state index < -0.39 is 0 Å². The van der Waals surface area contributed by atoms with E-state index in [1.165, 1.54) is 52.0 Å². The Labute approximate surface area is 162 Å². The van der Waals surface area contributed by atoms with Crippen LogP contribution in [0.2, 0.25) is 0 Å². The van der Waals surface area contributed by atoms with Gasteiger partial charge in [-0.1, -0.05) is 57.9 Å². The molecule has 0 atom stereocenters. The summed E-state index contributed by atoms with van der Waals surface area (Å²) in [4.78, 5) is 0. The summed E-state index contributed by atoms with van der Waals surface area (Å²) in [5.41, 5.74) is 9.47. The van der Waals surface area contributed by atoms with Crippen molar-refractivity contribution in [1.29, 1.82) is 0 Å². The molecule has 2 aromatic carbocycles. The van der Waals surface area contributed by atoms with Crippen LogP contribution in [0.25, 0.3) is 28.0 Å². The van der Waals surface area contributed by atoms with Crippen LogP contribution in [0.4, 0.5) is 0 Å². The lowest BCUT2D eigenvalue weighted by molar-refractivity contribution is 0.647. The Bertz CT molecular complexity index is 997. The third kappa shape index (κ3) is 2.53. The maximum atomic E-state index is 3.55. The van der Waals surface area contributed by atoms with Gasteiger partial charge in [-0.05, 0) is 49.4 Å². The highest BCUT2D eigenvalue weighted by atomic mass is 79.9. The Balaban J connectivity index is 1.72. The second kappa shape index (κ2) is 6.17. The minimum atomic E-state index is 1.09. The summed E-state index contributed by atoms with van der Waals surface area (Å²) in [6, 6.07) is 17.6. The van der Waals surface area contributed by atoms with Crippen molar-refractivity contribution >= 4 is 21.6 Å². The molecular formula is C23H21BrN2. The van der Waals surface area contributed by atoms with Crippen LogP contribution >= 0.6 is 15.9 Å². The first-order valence-corrected chi connectivity index (χ1v) is 10.1. The summed E-state index contributed by atoms with van der Waals surface area (Å²) >= 11 is 3.55. The number of imidazole rings is 1. The van der Waals surface area contributed by atoms with Gasteiger partial charge in [0.25, 0.3) is 0 Å². The predicted octanol–water partition coefficient (Wildman–Crippen LogP) is 6.48. The normalized spacial score (nSPS) is 13.9. The maximum Gasteiger partial charge on any atom is 0.121 e. The first-order valence-electron chi connectivity index (χ1n) is 9.27. The van der Waals surface area contributed by atoms with E-state index in [0.29, 0.717) is 0 Å². The van der Waals surface area contributed by atoms with Crippen LogP contribution in [-0.2, 0) is 13.0 Å². The van der Waals surface area contributed by atoms with Gasteiger partial charge in [-0.2, -0.15) is 0 Å². The molecule has 2 aromatic heterocycles. The van der Waals surface area contributed by atoms with Crippen LogP contribution in [0.1, 0.15) is 24.0 Å². The Kier molecular flexibility index (Phi) is 3.79. The van der Waals surface area contributed by atoms with Crippen LogP contribution < -0.4 is 0 Å². The van der Waals surface area contributed by atoms with Gasteiger partial charge in [0.05, 0.1) is 5.69 Å². The molecule has 0 unspecified atom stereocenters. The summed E-state index contributed by atoms with van der Waals surface area (Å²) in [6.07, 6.45) is 8.25. The molecule has 26 heavy (non-hydrogen) atoms. The van der Waals surface area contributed by atoms with Gasteiger partial charge >= 0.3 is 0 Å². The molecular weight excluding hydrogens is 384 g/mol. The van der Waals surface area contributed by atoms with E-state index >= 15 is 0 Å². The van der Waals surface area contributed by atoms with Crippen LogP contribution in [0.3, 0.4) is 0 Å². The van der Waals surface area contributed by atoms with Gasteiger partial charge < -0.3 is 8.97 Å². The van der Waals surface area contributed by atoms with Gasteiger partial charge in [0.15, 0.2) is 0 Å². The van der Waals surface area contributed by atoms with Gasteiger partial charge in [-0.15, -0.1) is 0 Å². The molecule has 1 aliphatic rings. The van der Waals surface area contributed by atoms with Gasteiger partial charge in [0.1, 0.15) is 5.65 Å². The monoisotopic (exact) mass is 404 g/mol. The van der Waals surface area contributed by atoms with Crippen molar-refractivity contribution in [3.8, 4) is 22.4 Å². The van der Waals surface area contributed by atoms with Crippen molar-refractivity contribution in [3.63, 3.8) is 0 Å². The smallest absolute Gasteiger partial charge is 0.121 e. The van der Waals surface area contributed by atoms with Gasteiger partial charge in [0.2, 0.25) is 0 Å². The summed E-state index contributed by atoms with van der Waals surface area (Å²) in [7, 11) is 0. The highest BCUT2D eigenvalue weighted by molar-refractivity contribution is 9.10. The zero-order valence-corrected chi connectivity index (χ0v) is 16.5. The van der Waals surface area contributed by atoms with Crippen molar-refractivity contribution in [2.75, 3.05) is 0 Å². The topological polar surface area (TPSA) is 9.34 Å². The number of rotatable bonds is 2. The molecule has 0 bridgehead atoms. The fraction of sp³-hybridized carbons (Fsp3) is 0.217. The molecule has 4 aromatic rings. The van der Waals surface area contributed by atoms with E-state index in [2.05, 4.69) is 92.7 Å². The molecule has 1 aliphatic heterocycles. The fourth-order valence-electron chi connectivity index (χ4n) is 4.15. The Morgan fingerprint density at radius 2 is 1.58 bits per heavy atom. The highest BCUT2D eigenvalue weighted by Crippen LogP contribution is 2.36. The zero-order valence-electron chi connectivity index (χ0n) is 14.9. The van der Waals surface area contributed by atoms with Crippen LogP contribution in [0, 0.1) is 6.92 Å². The first-order chi connectivity index (χ1) is 12.7. The van der Waals surface area contributed by atoms with Gasteiger partial charge in [-0.3, -0.25) is 0 Å². The second-order valence-corrected chi connectivity index (χ2v) is 8.16. The van der Waals surface area contributed by atoms with Crippen molar-refractivity contribution in [2.24, 2.45) is 0 Å². The minimum absolute atomic E-state index is 1.09. The standard InChI is InChI=1S/C23H21BrN2/c1-16-5-7-18(8-6-16)22-15-25-14-21(17-9-11-19(24)12-10-17)20-4-2-3-13-26(22)23(20)25/h5-12,14-15H,2-4,13H2,1H3. The molecule has 5 rings (SSSR count). The maximum absolute atomic E-state index is 3.55. The van der Waals surface area contributed by atoms with E-state index in [1.807, 2.05) is 0 Å². The number of hydrogen-bond acceptors (Lipinski definition) is 0. The van der Waals surface area contributed by atoms with Gasteiger partial charge in [-0.25, -0.2) is 0 Å². The van der Waals surface area contributed by atoms with E-state index in [1.54, 1.807) is 0 Å². The molecule has 0 spiro atoms. The summed E-state index contributed by atoms with van der Waals surface area (Å²) in [5.74, 6) is 0. The number of hydrogen-bond donors (Lipinski definition) is 0. The molecule has 0 aliphatic carbocycles. The summed E-state index contributed by atoms with van der Waals surface area (Å²) in [6.45, 7) is 3.24. The van der Waals surface area contributed by atoms with Crippen LogP contribution in [-0.4, -0.2) is 8.97 Å². The number of aryl methyl sites for hydroxylation is 3. The van der Waals surface area contributed by atoms with E-state index in [0.717, 1.165) is 17.4 Å². The van der Waals surface area contributed by atoms with Crippen molar-refractivity contribution < 1.29 is 0 Å². The molecule has 0 saturated heterocycles. The average molecular weight is 405 g/mol. The Morgan fingerprint density at radius 3 is 2.35 bits per heavy atom. The molecule has 3 heteroatoms. The van der Waals surface area contributed by atoms with Crippen molar-refractivity contribution in [2.45, 2.75) is 32.7 Å². The van der Waals surface area contributed by atoms with Gasteiger partial charge in [0, 0.05) is 34.5 Å². The minimum Gasteiger partial charge on any atom is -0.325 e. The number of nitrogens with zero attached hydrogens (tertiary/aromatic N) is 2. The second-order valence-electron chi connectivity index (χ2n) is 7.25. The average Bonchev–Trinajstić information content (AvgIpc) is 3.07. The number of halogens is 1. The Hall–Kier alpha value is -2.26. The van der Waals surface area contributed by atoms with Crippen LogP contribution in [0.15, 0.2) is 65.4 Å². The van der Waals surface area contributed by atoms with E-state index in [9.17, 15) is 0 Å². The largest absolute Gasteiger partial charge is 0.325 e. The Morgan fingerprint density at radius 1 is 0.846 bits per heavy atom. The molecule has 0 N–H and O–H groups in total. The predicted molar refractivity (Wildman–Crippen MR) is 112 cm³/mol. The molecule has 0 fully saturated rings.